The van der Waals surface area contributed by atoms with Crippen LogP contribution >= 0.6 is 15.9 Å². The molecule has 0 radical (unpaired) electrons. The Labute approximate surface area is 119 Å². The van der Waals surface area contributed by atoms with Crippen molar-refractivity contribution in [2.75, 3.05) is 7.11 Å². The Morgan fingerprint density at radius 1 is 1.37 bits per heavy atom. The molecule has 0 fully saturated rings. The molecule has 0 unspecified atom stereocenters. The fourth-order valence-corrected chi connectivity index (χ4v) is 2.12. The third-order valence-electron chi connectivity index (χ3n) is 2.41. The van der Waals surface area contributed by atoms with E-state index in [1.807, 2.05) is 32.9 Å². The van der Waals surface area contributed by atoms with E-state index in [1.54, 1.807) is 13.2 Å². The van der Waals surface area contributed by atoms with Crippen LogP contribution in [0.1, 0.15) is 20.8 Å². The van der Waals surface area contributed by atoms with Crippen molar-refractivity contribution in [3.05, 3.63) is 22.8 Å². The molecule has 0 aliphatic rings. The molecule has 0 amide bonds. The van der Waals surface area contributed by atoms with E-state index in [9.17, 15) is 4.79 Å². The summed E-state index contributed by atoms with van der Waals surface area (Å²) in [5, 5.41) is 4.98. The summed E-state index contributed by atoms with van der Waals surface area (Å²) in [6.45, 7) is 5.44. The van der Waals surface area contributed by atoms with Crippen LogP contribution in [0.2, 0.25) is 0 Å². The Morgan fingerprint density at radius 2 is 2.05 bits per heavy atom. The Hall–Kier alpha value is -1.56. The van der Waals surface area contributed by atoms with E-state index in [2.05, 4.69) is 21.0 Å². The molecule has 2 rings (SSSR count). The van der Waals surface area contributed by atoms with Gasteiger partial charge in [-0.1, -0.05) is 0 Å². The van der Waals surface area contributed by atoms with E-state index in [-0.39, 0.29) is 0 Å². The van der Waals surface area contributed by atoms with Crippen LogP contribution < -0.4 is 4.74 Å². The van der Waals surface area contributed by atoms with Crippen molar-refractivity contribution in [1.82, 2.24) is 9.78 Å². The highest BCUT2D eigenvalue weighted by Crippen LogP contribution is 2.27. The Morgan fingerprint density at radius 3 is 2.63 bits per heavy atom. The summed E-state index contributed by atoms with van der Waals surface area (Å²) in [7, 11) is 1.57. The first-order valence-electron chi connectivity index (χ1n) is 5.77. The van der Waals surface area contributed by atoms with Gasteiger partial charge < -0.3 is 9.47 Å². The van der Waals surface area contributed by atoms with Crippen LogP contribution in [-0.4, -0.2) is 28.6 Å². The summed E-state index contributed by atoms with van der Waals surface area (Å²) in [6.07, 6.45) is -0.517. The van der Waals surface area contributed by atoms with Crippen molar-refractivity contribution in [2.45, 2.75) is 26.4 Å². The molecule has 1 aromatic carbocycles. The van der Waals surface area contributed by atoms with Crippen LogP contribution in [0, 0.1) is 0 Å². The zero-order chi connectivity index (χ0) is 14.2. The summed E-state index contributed by atoms with van der Waals surface area (Å²) in [6, 6.07) is 5.40. The topological polar surface area (TPSA) is 53.4 Å². The molecule has 0 N–H and O–H groups in total. The summed E-state index contributed by atoms with van der Waals surface area (Å²) in [5.41, 5.74) is 0.0706. The highest BCUT2D eigenvalue weighted by Gasteiger charge is 2.21. The van der Waals surface area contributed by atoms with Crippen molar-refractivity contribution in [3.63, 3.8) is 0 Å². The number of fused-ring (bicyclic) bond motifs is 1. The molecule has 0 aliphatic heterocycles. The lowest BCUT2D eigenvalue weighted by Gasteiger charge is -2.19. The minimum absolute atomic E-state index is 0.517. The van der Waals surface area contributed by atoms with Gasteiger partial charge in [-0.05, 0) is 48.8 Å². The number of methoxy groups -OCH3 is 1. The third-order valence-corrected chi connectivity index (χ3v) is 3.00. The maximum absolute atomic E-state index is 12.1. The Balaban J connectivity index is 2.51. The molecule has 0 spiro atoms. The molecule has 1 aromatic heterocycles. The standard InChI is InChI=1S/C13H15BrN2O3/c1-13(2,3)19-12(17)16-10-7-8(18-4)5-6-9(10)11(14)15-16/h5-7H,1-4H3. The summed E-state index contributed by atoms with van der Waals surface area (Å²) in [4.78, 5) is 12.1. The van der Waals surface area contributed by atoms with E-state index in [0.29, 0.717) is 15.9 Å². The Bertz CT molecular complexity index is 629. The number of hydrogen-bond donors (Lipinski definition) is 0. The predicted octanol–water partition coefficient (Wildman–Crippen LogP) is 3.59. The van der Waals surface area contributed by atoms with E-state index in [0.717, 1.165) is 5.39 Å². The molecule has 0 saturated heterocycles. The van der Waals surface area contributed by atoms with E-state index in [1.165, 1.54) is 4.68 Å². The number of ether oxygens (including phenoxy) is 2. The molecule has 19 heavy (non-hydrogen) atoms. The van der Waals surface area contributed by atoms with Gasteiger partial charge in [0.25, 0.3) is 0 Å². The highest BCUT2D eigenvalue weighted by atomic mass is 79.9. The summed E-state index contributed by atoms with van der Waals surface area (Å²) < 4.78 is 12.3. The fraction of sp³-hybridized carbons (Fsp3) is 0.385. The zero-order valence-electron chi connectivity index (χ0n) is 11.2. The fourth-order valence-electron chi connectivity index (χ4n) is 1.63. The SMILES string of the molecule is COc1ccc2c(Br)nn(C(=O)OC(C)(C)C)c2c1. The quantitative estimate of drug-likeness (QED) is 0.803. The summed E-state index contributed by atoms with van der Waals surface area (Å²) in [5.74, 6) is 0.657. The molecule has 5 nitrogen and oxygen atoms in total. The molecule has 0 aliphatic carbocycles. The summed E-state index contributed by atoms with van der Waals surface area (Å²) >= 11 is 3.33. The molecule has 2 aromatic rings. The van der Waals surface area contributed by atoms with Crippen molar-refractivity contribution in [3.8, 4) is 5.75 Å². The number of rotatable bonds is 1. The number of carbonyl (C=O) groups excluding carboxylic acids is 1. The lowest BCUT2D eigenvalue weighted by atomic mass is 10.2. The van der Waals surface area contributed by atoms with Crippen LogP contribution in [0.5, 0.6) is 5.75 Å². The number of hydrogen-bond acceptors (Lipinski definition) is 4. The second-order valence-corrected chi connectivity index (χ2v) is 5.82. The normalized spacial score (nSPS) is 11.6. The predicted molar refractivity (Wildman–Crippen MR) is 75.6 cm³/mol. The van der Waals surface area contributed by atoms with Crippen molar-refractivity contribution < 1.29 is 14.3 Å². The number of benzene rings is 1. The van der Waals surface area contributed by atoms with Gasteiger partial charge >= 0.3 is 6.09 Å². The molecule has 102 valence electrons. The minimum Gasteiger partial charge on any atom is -0.497 e. The largest absolute Gasteiger partial charge is 0.497 e. The van der Waals surface area contributed by atoms with Gasteiger partial charge in [0, 0.05) is 11.5 Å². The smallest absolute Gasteiger partial charge is 0.435 e. The molecular weight excluding hydrogens is 312 g/mol. The van der Waals surface area contributed by atoms with Gasteiger partial charge in [0.05, 0.1) is 12.6 Å². The lowest BCUT2D eigenvalue weighted by molar-refractivity contribution is 0.0522. The van der Waals surface area contributed by atoms with Gasteiger partial charge in [-0.15, -0.1) is 0 Å². The Kier molecular flexibility index (Phi) is 3.54. The number of nitrogens with zero attached hydrogens (tertiary/aromatic N) is 2. The van der Waals surface area contributed by atoms with E-state index >= 15 is 0 Å². The number of carbonyl (C=O) groups is 1. The van der Waals surface area contributed by atoms with Gasteiger partial charge in [0.1, 0.15) is 16.0 Å². The number of aromatic nitrogens is 2. The first-order chi connectivity index (χ1) is 8.81. The van der Waals surface area contributed by atoms with Gasteiger partial charge in [-0.3, -0.25) is 0 Å². The molecule has 1 heterocycles. The lowest BCUT2D eigenvalue weighted by Crippen LogP contribution is -2.27. The van der Waals surface area contributed by atoms with Gasteiger partial charge in [-0.2, -0.15) is 9.78 Å². The molecule has 0 saturated carbocycles. The highest BCUT2D eigenvalue weighted by molar-refractivity contribution is 9.10. The molecule has 0 bridgehead atoms. The maximum Gasteiger partial charge on any atom is 0.435 e. The van der Waals surface area contributed by atoms with Gasteiger partial charge in [0.2, 0.25) is 0 Å². The average molecular weight is 327 g/mol. The van der Waals surface area contributed by atoms with Crippen LogP contribution in [0.4, 0.5) is 4.79 Å². The first-order valence-corrected chi connectivity index (χ1v) is 6.57. The van der Waals surface area contributed by atoms with E-state index < -0.39 is 11.7 Å². The third kappa shape index (κ3) is 2.89. The van der Waals surface area contributed by atoms with E-state index in [4.69, 9.17) is 9.47 Å². The average Bonchev–Trinajstić information content (AvgIpc) is 2.64. The monoisotopic (exact) mass is 326 g/mol. The van der Waals surface area contributed by atoms with Crippen molar-refractivity contribution in [2.24, 2.45) is 0 Å². The molecule has 0 atom stereocenters. The van der Waals surface area contributed by atoms with Gasteiger partial charge in [-0.25, -0.2) is 4.79 Å². The minimum atomic E-state index is -0.569. The molecular formula is C13H15BrN2O3. The van der Waals surface area contributed by atoms with Gasteiger partial charge in [0.15, 0.2) is 0 Å². The van der Waals surface area contributed by atoms with Crippen molar-refractivity contribution >= 4 is 32.9 Å². The van der Waals surface area contributed by atoms with Crippen LogP contribution in [0.15, 0.2) is 22.8 Å². The van der Waals surface area contributed by atoms with Crippen LogP contribution in [-0.2, 0) is 4.74 Å². The van der Waals surface area contributed by atoms with Crippen LogP contribution in [0.3, 0.4) is 0 Å². The first kappa shape index (κ1) is 13.9. The second kappa shape index (κ2) is 4.85. The molecule has 6 heteroatoms. The van der Waals surface area contributed by atoms with Crippen molar-refractivity contribution in [1.29, 1.82) is 0 Å². The number of halogens is 1. The maximum atomic E-state index is 12.1. The van der Waals surface area contributed by atoms with Crippen LogP contribution in [0.25, 0.3) is 10.9 Å². The second-order valence-electron chi connectivity index (χ2n) is 5.07. The zero-order valence-corrected chi connectivity index (χ0v) is 12.8.